The van der Waals surface area contributed by atoms with Crippen LogP contribution in [0.15, 0.2) is 0 Å². The van der Waals surface area contributed by atoms with Crippen LogP contribution in [-0.4, -0.2) is 46.3 Å². The molecular formula is C15H26N2O2S. The molecule has 2 aliphatic rings. The van der Waals surface area contributed by atoms with E-state index in [4.69, 9.17) is 0 Å². The van der Waals surface area contributed by atoms with Crippen molar-refractivity contribution in [3.8, 4) is 0 Å². The van der Waals surface area contributed by atoms with Crippen LogP contribution < -0.4 is 5.32 Å². The van der Waals surface area contributed by atoms with E-state index in [1.165, 1.54) is 6.42 Å². The Labute approximate surface area is 126 Å². The first kappa shape index (κ1) is 15.7. The van der Waals surface area contributed by atoms with E-state index in [9.17, 15) is 9.59 Å². The molecule has 1 aliphatic carbocycles. The molecule has 1 heterocycles. The zero-order valence-corrected chi connectivity index (χ0v) is 13.8. The van der Waals surface area contributed by atoms with Crippen LogP contribution in [0.25, 0.3) is 0 Å². The zero-order chi connectivity index (χ0) is 14.9. The second-order valence-electron chi connectivity index (χ2n) is 6.57. The zero-order valence-electron chi connectivity index (χ0n) is 12.9. The third kappa shape index (κ3) is 2.97. The third-order valence-corrected chi connectivity index (χ3v) is 6.01. The van der Waals surface area contributed by atoms with Crippen molar-refractivity contribution >= 4 is 23.6 Å². The summed E-state index contributed by atoms with van der Waals surface area (Å²) in [5.41, 5.74) is 0. The van der Waals surface area contributed by atoms with Crippen LogP contribution >= 0.6 is 11.8 Å². The van der Waals surface area contributed by atoms with Crippen LogP contribution in [0.3, 0.4) is 0 Å². The van der Waals surface area contributed by atoms with E-state index >= 15 is 0 Å². The highest BCUT2D eigenvalue weighted by molar-refractivity contribution is 8.00. The lowest BCUT2D eigenvalue weighted by Gasteiger charge is -2.47. The second kappa shape index (κ2) is 5.96. The van der Waals surface area contributed by atoms with E-state index < -0.39 is 0 Å². The summed E-state index contributed by atoms with van der Waals surface area (Å²) in [6.07, 6.45) is 6.38. The second-order valence-corrected chi connectivity index (χ2v) is 7.85. The molecule has 0 radical (unpaired) electrons. The van der Waals surface area contributed by atoms with Crippen LogP contribution in [0, 0.1) is 5.92 Å². The molecule has 20 heavy (non-hydrogen) atoms. The van der Waals surface area contributed by atoms with E-state index in [-0.39, 0.29) is 28.6 Å². The molecule has 1 saturated heterocycles. The van der Waals surface area contributed by atoms with Gasteiger partial charge in [0.1, 0.15) is 12.1 Å². The number of amides is 2. The Morgan fingerprint density at radius 2 is 2.05 bits per heavy atom. The molecular weight excluding hydrogens is 272 g/mol. The van der Waals surface area contributed by atoms with E-state index in [0.717, 1.165) is 25.8 Å². The van der Waals surface area contributed by atoms with Gasteiger partial charge in [0.2, 0.25) is 11.8 Å². The predicted molar refractivity (Wildman–Crippen MR) is 82.7 cm³/mol. The highest BCUT2D eigenvalue weighted by Crippen LogP contribution is 2.44. The molecule has 0 aromatic carbocycles. The lowest BCUT2D eigenvalue weighted by Crippen LogP contribution is -2.65. The van der Waals surface area contributed by atoms with Gasteiger partial charge in [-0.2, -0.15) is 11.8 Å². The molecule has 1 aliphatic heterocycles. The van der Waals surface area contributed by atoms with E-state index in [2.05, 4.69) is 25.4 Å². The molecule has 2 amide bonds. The molecule has 1 saturated carbocycles. The van der Waals surface area contributed by atoms with Gasteiger partial charge < -0.3 is 10.2 Å². The molecule has 2 atom stereocenters. The van der Waals surface area contributed by atoms with Crippen molar-refractivity contribution < 1.29 is 9.59 Å². The smallest absolute Gasteiger partial charge is 0.245 e. The maximum absolute atomic E-state index is 12.7. The van der Waals surface area contributed by atoms with Gasteiger partial charge in [0, 0.05) is 11.3 Å². The maximum atomic E-state index is 12.7. The molecule has 1 N–H and O–H groups in total. The standard InChI is InChI=1S/C15H26N2O2S/c1-10(2)8-12-14(19)17(11(3)13(18)16-12)9-15(20-4)6-5-7-15/h10-12H,5-9H2,1-4H3,(H,16,18). The van der Waals surface area contributed by atoms with Gasteiger partial charge in [-0.15, -0.1) is 0 Å². The summed E-state index contributed by atoms with van der Waals surface area (Å²) in [6.45, 7) is 6.72. The number of carbonyl (C=O) groups excluding carboxylic acids is 2. The molecule has 0 bridgehead atoms. The van der Waals surface area contributed by atoms with Crippen LogP contribution in [0.4, 0.5) is 0 Å². The first-order chi connectivity index (χ1) is 9.38. The third-order valence-electron chi connectivity index (χ3n) is 4.61. The largest absolute Gasteiger partial charge is 0.343 e. The summed E-state index contributed by atoms with van der Waals surface area (Å²) < 4.78 is 0.184. The Morgan fingerprint density at radius 3 is 2.50 bits per heavy atom. The first-order valence-electron chi connectivity index (χ1n) is 7.54. The minimum absolute atomic E-state index is 0.00849. The molecule has 2 rings (SSSR count). The fourth-order valence-electron chi connectivity index (χ4n) is 3.04. The molecule has 5 heteroatoms. The van der Waals surface area contributed by atoms with Gasteiger partial charge in [0.25, 0.3) is 0 Å². The normalized spacial score (nSPS) is 29.4. The van der Waals surface area contributed by atoms with E-state index in [1.807, 2.05) is 23.6 Å². The highest BCUT2D eigenvalue weighted by Gasteiger charge is 2.45. The number of nitrogens with one attached hydrogen (secondary N) is 1. The van der Waals surface area contributed by atoms with Gasteiger partial charge in [-0.3, -0.25) is 9.59 Å². The summed E-state index contributed by atoms with van der Waals surface area (Å²) >= 11 is 1.85. The van der Waals surface area contributed by atoms with E-state index in [0.29, 0.717) is 5.92 Å². The quantitative estimate of drug-likeness (QED) is 0.845. The molecule has 2 fully saturated rings. The maximum Gasteiger partial charge on any atom is 0.245 e. The number of carbonyl (C=O) groups is 2. The van der Waals surface area contributed by atoms with Gasteiger partial charge in [-0.25, -0.2) is 0 Å². The summed E-state index contributed by atoms with van der Waals surface area (Å²) in [5.74, 6) is 0.495. The number of thioether (sulfide) groups is 1. The van der Waals surface area contributed by atoms with Gasteiger partial charge in [0.05, 0.1) is 0 Å². The lowest BCUT2D eigenvalue weighted by molar-refractivity contribution is -0.149. The van der Waals surface area contributed by atoms with Crippen molar-refractivity contribution in [1.82, 2.24) is 10.2 Å². The van der Waals surface area contributed by atoms with Gasteiger partial charge >= 0.3 is 0 Å². The molecule has 2 unspecified atom stereocenters. The predicted octanol–water partition coefficient (Wildman–Crippen LogP) is 2.03. The van der Waals surface area contributed by atoms with Crippen LogP contribution in [0.1, 0.15) is 46.5 Å². The van der Waals surface area contributed by atoms with Gasteiger partial charge in [-0.05, 0) is 38.4 Å². The lowest BCUT2D eigenvalue weighted by atomic mass is 9.83. The topological polar surface area (TPSA) is 49.4 Å². The Kier molecular flexibility index (Phi) is 4.67. The van der Waals surface area contributed by atoms with Gasteiger partial charge in [0.15, 0.2) is 0 Å². The fourth-order valence-corrected chi connectivity index (χ4v) is 4.01. The number of hydrogen-bond acceptors (Lipinski definition) is 3. The monoisotopic (exact) mass is 298 g/mol. The highest BCUT2D eigenvalue weighted by atomic mass is 32.2. The van der Waals surface area contributed by atoms with Crippen molar-refractivity contribution in [3.63, 3.8) is 0 Å². The van der Waals surface area contributed by atoms with E-state index in [1.54, 1.807) is 0 Å². The minimum Gasteiger partial charge on any atom is -0.343 e. The summed E-state index contributed by atoms with van der Waals surface area (Å²) in [6, 6.07) is -0.673. The number of hydrogen-bond donors (Lipinski definition) is 1. The summed E-state index contributed by atoms with van der Waals surface area (Å²) in [4.78, 5) is 26.6. The van der Waals surface area contributed by atoms with Crippen molar-refractivity contribution in [2.45, 2.75) is 63.3 Å². The van der Waals surface area contributed by atoms with Crippen LogP contribution in [-0.2, 0) is 9.59 Å². The Morgan fingerprint density at radius 1 is 1.40 bits per heavy atom. The number of piperazine rings is 1. The Hall–Kier alpha value is -0.710. The van der Waals surface area contributed by atoms with Crippen molar-refractivity contribution in [3.05, 3.63) is 0 Å². The van der Waals surface area contributed by atoms with Crippen molar-refractivity contribution in [1.29, 1.82) is 0 Å². The molecule has 4 nitrogen and oxygen atoms in total. The summed E-state index contributed by atoms with van der Waals surface area (Å²) in [7, 11) is 0. The number of rotatable bonds is 5. The molecule has 0 spiro atoms. The van der Waals surface area contributed by atoms with Crippen molar-refractivity contribution in [2.75, 3.05) is 12.8 Å². The average Bonchev–Trinajstić information content (AvgIpc) is 2.34. The number of nitrogens with zero attached hydrogens (tertiary/aromatic N) is 1. The van der Waals surface area contributed by atoms with Crippen molar-refractivity contribution in [2.24, 2.45) is 5.92 Å². The molecule has 0 aromatic rings. The fraction of sp³-hybridized carbons (Fsp3) is 0.867. The first-order valence-corrected chi connectivity index (χ1v) is 8.77. The summed E-state index contributed by atoms with van der Waals surface area (Å²) in [5, 5.41) is 2.88. The molecule has 0 aromatic heterocycles. The van der Waals surface area contributed by atoms with Gasteiger partial charge in [-0.1, -0.05) is 20.3 Å². The Balaban J connectivity index is 2.11. The minimum atomic E-state index is -0.337. The Bertz CT molecular complexity index is 388. The molecule has 114 valence electrons. The SMILES string of the molecule is CSC1(CN2C(=O)C(CC(C)C)NC(=O)C2C)CCC1. The van der Waals surface area contributed by atoms with Crippen LogP contribution in [0.2, 0.25) is 0 Å². The average molecular weight is 298 g/mol. The van der Waals surface area contributed by atoms with Crippen LogP contribution in [0.5, 0.6) is 0 Å².